The molecule has 0 aliphatic carbocycles. The van der Waals surface area contributed by atoms with Gasteiger partial charge in [0, 0.05) is 26.7 Å². The van der Waals surface area contributed by atoms with Crippen molar-refractivity contribution in [3.63, 3.8) is 0 Å². The maximum Gasteiger partial charge on any atom is 0.412 e. The Bertz CT molecular complexity index is 792. The maximum atomic E-state index is 11.9. The number of amides is 2. The summed E-state index contributed by atoms with van der Waals surface area (Å²) in [6, 6.07) is 7.87. The van der Waals surface area contributed by atoms with Crippen LogP contribution in [0, 0.1) is 0 Å². The van der Waals surface area contributed by atoms with Crippen LogP contribution in [0.5, 0.6) is 11.5 Å². The number of carbonyl (C=O) groups excluding carboxylic acids is 2. The molecule has 0 spiro atoms. The van der Waals surface area contributed by atoms with Gasteiger partial charge in [0.1, 0.15) is 5.56 Å². The Morgan fingerprint density at radius 3 is 2.65 bits per heavy atom. The highest BCUT2D eigenvalue weighted by molar-refractivity contribution is 5.93. The quantitative estimate of drug-likeness (QED) is 0.527. The van der Waals surface area contributed by atoms with E-state index >= 15 is 0 Å². The van der Waals surface area contributed by atoms with Gasteiger partial charge in [0.15, 0.2) is 23.9 Å². The molecule has 0 atom stereocenters. The summed E-state index contributed by atoms with van der Waals surface area (Å²) in [6.07, 6.45) is 3.18. The molecule has 3 N–H and O–H groups in total. The summed E-state index contributed by atoms with van der Waals surface area (Å²) < 4.78 is 6.69. The highest BCUT2D eigenvalue weighted by Crippen LogP contribution is 2.24. The summed E-state index contributed by atoms with van der Waals surface area (Å²) in [6.45, 7) is 0.285. The second kappa shape index (κ2) is 8.70. The number of nitrogens with one attached hydrogen (secondary N) is 1. The molecular formula is C18H22N3O5+. The third kappa shape index (κ3) is 5.37. The van der Waals surface area contributed by atoms with Crippen molar-refractivity contribution in [2.45, 2.75) is 13.2 Å². The number of carbonyl (C=O) groups is 2. The smallest absolute Gasteiger partial charge is 0.412 e. The van der Waals surface area contributed by atoms with Crippen molar-refractivity contribution in [1.82, 2.24) is 10.2 Å². The molecule has 2 aromatic rings. The van der Waals surface area contributed by atoms with Gasteiger partial charge in [0.05, 0.1) is 0 Å². The van der Waals surface area contributed by atoms with E-state index in [2.05, 4.69) is 5.32 Å². The molecule has 0 unspecified atom stereocenters. The van der Waals surface area contributed by atoms with E-state index in [9.17, 15) is 19.8 Å². The Morgan fingerprint density at radius 2 is 1.96 bits per heavy atom. The van der Waals surface area contributed by atoms with E-state index in [-0.39, 0.29) is 24.1 Å². The van der Waals surface area contributed by atoms with Gasteiger partial charge in [0.25, 0.3) is 12.6 Å². The van der Waals surface area contributed by atoms with Gasteiger partial charge in [-0.1, -0.05) is 6.07 Å². The molecule has 0 fully saturated rings. The average molecular weight is 360 g/mol. The fraction of sp³-hybridized carbons (Fsp3) is 0.278. The van der Waals surface area contributed by atoms with E-state index < -0.39 is 6.09 Å². The number of nitrogens with zero attached hydrogens (tertiary/aromatic N) is 2. The Hall–Kier alpha value is -3.29. The second-order valence-electron chi connectivity index (χ2n) is 5.87. The van der Waals surface area contributed by atoms with Gasteiger partial charge in [-0.3, -0.25) is 4.79 Å². The molecule has 2 rings (SSSR count). The Balaban J connectivity index is 1.79. The van der Waals surface area contributed by atoms with Crippen LogP contribution in [-0.2, 0) is 17.9 Å². The average Bonchev–Trinajstić information content (AvgIpc) is 2.62. The fourth-order valence-corrected chi connectivity index (χ4v) is 2.20. The summed E-state index contributed by atoms with van der Waals surface area (Å²) in [7, 11) is 3.33. The predicted molar refractivity (Wildman–Crippen MR) is 92.6 cm³/mol. The van der Waals surface area contributed by atoms with E-state index in [1.54, 1.807) is 49.3 Å². The zero-order valence-corrected chi connectivity index (χ0v) is 14.7. The van der Waals surface area contributed by atoms with Crippen molar-refractivity contribution in [3.05, 3.63) is 53.9 Å². The Kier molecular flexibility index (Phi) is 6.37. The van der Waals surface area contributed by atoms with Gasteiger partial charge < -0.3 is 25.2 Å². The largest absolute Gasteiger partial charge is 0.504 e. The lowest BCUT2D eigenvalue weighted by Gasteiger charge is -2.09. The number of rotatable bonds is 6. The van der Waals surface area contributed by atoms with Crippen molar-refractivity contribution in [2.24, 2.45) is 0 Å². The van der Waals surface area contributed by atoms with Gasteiger partial charge in [-0.15, -0.1) is 0 Å². The SMILES string of the molecule is CN(C)C(=O)c1ccc[n+](COC(=O)NCCc2ccc(O)c(O)c2)c1. The minimum absolute atomic E-state index is 0.0274. The minimum atomic E-state index is -0.593. The molecule has 0 aliphatic heterocycles. The van der Waals surface area contributed by atoms with Crippen molar-refractivity contribution >= 4 is 12.0 Å². The number of phenolic OH excluding ortho intramolecular Hbond substituents is 2. The first-order valence-corrected chi connectivity index (χ1v) is 7.99. The number of pyridine rings is 1. The molecule has 0 saturated heterocycles. The van der Waals surface area contributed by atoms with Crippen molar-refractivity contribution in [2.75, 3.05) is 20.6 Å². The molecule has 2 amide bonds. The molecule has 138 valence electrons. The lowest BCUT2D eigenvalue weighted by molar-refractivity contribution is -0.727. The third-order valence-corrected chi connectivity index (χ3v) is 3.58. The topological polar surface area (TPSA) is 103 Å². The zero-order chi connectivity index (χ0) is 19.1. The lowest BCUT2D eigenvalue weighted by Crippen LogP contribution is -2.39. The van der Waals surface area contributed by atoms with E-state index in [1.807, 2.05) is 0 Å². The summed E-state index contributed by atoms with van der Waals surface area (Å²) in [5.41, 5.74) is 1.26. The van der Waals surface area contributed by atoms with Crippen LogP contribution in [0.3, 0.4) is 0 Å². The predicted octanol–water partition coefficient (Wildman–Crippen LogP) is 1.01. The van der Waals surface area contributed by atoms with Gasteiger partial charge in [-0.2, -0.15) is 4.57 Å². The molecule has 0 saturated carbocycles. The van der Waals surface area contributed by atoms with Crippen LogP contribution in [-0.4, -0.2) is 47.8 Å². The van der Waals surface area contributed by atoms with Gasteiger partial charge in [0.2, 0.25) is 0 Å². The molecule has 1 heterocycles. The van der Waals surface area contributed by atoms with E-state index in [0.29, 0.717) is 18.5 Å². The van der Waals surface area contributed by atoms with Crippen molar-refractivity contribution in [3.8, 4) is 11.5 Å². The van der Waals surface area contributed by atoms with Crippen LogP contribution in [0.1, 0.15) is 15.9 Å². The monoisotopic (exact) mass is 360 g/mol. The van der Waals surface area contributed by atoms with Crippen molar-refractivity contribution < 1.29 is 29.1 Å². The van der Waals surface area contributed by atoms with E-state index in [0.717, 1.165) is 5.56 Å². The zero-order valence-electron chi connectivity index (χ0n) is 14.7. The number of aromatic hydroxyl groups is 2. The fourth-order valence-electron chi connectivity index (χ4n) is 2.20. The number of ether oxygens (including phenoxy) is 1. The first-order chi connectivity index (χ1) is 12.4. The number of benzene rings is 1. The summed E-state index contributed by atoms with van der Waals surface area (Å²) in [4.78, 5) is 25.1. The molecule has 26 heavy (non-hydrogen) atoms. The van der Waals surface area contributed by atoms with Crippen LogP contribution >= 0.6 is 0 Å². The number of hydrogen-bond acceptors (Lipinski definition) is 5. The molecule has 1 aromatic carbocycles. The standard InChI is InChI=1S/C18H21N3O5/c1-20(2)17(24)14-4-3-9-21(11-14)12-26-18(25)19-8-7-13-5-6-15(22)16(23)10-13/h3-6,9-11H,7-8,12H2,1-2H3,(H2-,19,22,23,25)/p+1. The molecule has 1 aromatic heterocycles. The van der Waals surface area contributed by atoms with E-state index in [1.165, 1.54) is 17.0 Å². The molecular weight excluding hydrogens is 338 g/mol. The van der Waals surface area contributed by atoms with Gasteiger partial charge in [-0.25, -0.2) is 4.79 Å². The number of phenols is 2. The number of alkyl carbamates (subject to hydrolysis) is 1. The van der Waals surface area contributed by atoms with Crippen LogP contribution in [0.4, 0.5) is 4.79 Å². The maximum absolute atomic E-state index is 11.9. The third-order valence-electron chi connectivity index (χ3n) is 3.58. The molecule has 0 bridgehead atoms. The normalized spacial score (nSPS) is 10.2. The van der Waals surface area contributed by atoms with Gasteiger partial charge in [-0.05, 0) is 30.2 Å². The van der Waals surface area contributed by atoms with Gasteiger partial charge >= 0.3 is 6.09 Å². The van der Waals surface area contributed by atoms with Crippen molar-refractivity contribution in [1.29, 1.82) is 0 Å². The molecule has 8 heteroatoms. The van der Waals surface area contributed by atoms with E-state index in [4.69, 9.17) is 4.74 Å². The highest BCUT2D eigenvalue weighted by Gasteiger charge is 2.13. The number of aromatic nitrogens is 1. The summed E-state index contributed by atoms with van der Waals surface area (Å²) in [5.74, 6) is -0.525. The summed E-state index contributed by atoms with van der Waals surface area (Å²) >= 11 is 0. The van der Waals surface area contributed by atoms with Crippen LogP contribution in [0.2, 0.25) is 0 Å². The first kappa shape index (κ1) is 19.0. The van der Waals surface area contributed by atoms with Crippen LogP contribution in [0.25, 0.3) is 0 Å². The number of hydrogen-bond donors (Lipinski definition) is 3. The Labute approximate surface area is 151 Å². The highest BCUT2D eigenvalue weighted by atomic mass is 16.6. The lowest BCUT2D eigenvalue weighted by atomic mass is 10.1. The molecule has 0 radical (unpaired) electrons. The second-order valence-corrected chi connectivity index (χ2v) is 5.87. The van der Waals surface area contributed by atoms with Crippen LogP contribution in [0.15, 0.2) is 42.7 Å². The summed E-state index contributed by atoms with van der Waals surface area (Å²) in [5, 5.41) is 21.3. The molecule has 0 aliphatic rings. The first-order valence-electron chi connectivity index (χ1n) is 7.99. The molecule has 8 nitrogen and oxygen atoms in total. The Morgan fingerprint density at radius 1 is 1.19 bits per heavy atom. The van der Waals surface area contributed by atoms with Crippen LogP contribution < -0.4 is 9.88 Å². The minimum Gasteiger partial charge on any atom is -0.504 e.